The van der Waals surface area contributed by atoms with Gasteiger partial charge in [-0.2, -0.15) is 0 Å². The number of carbonyl (C=O) groups excluding carboxylic acids is 1. The van der Waals surface area contributed by atoms with E-state index >= 15 is 0 Å². The van der Waals surface area contributed by atoms with Gasteiger partial charge < -0.3 is 9.88 Å². The normalized spacial score (nSPS) is 11.4. The Bertz CT molecular complexity index is 796. The Morgan fingerprint density at radius 2 is 1.76 bits per heavy atom. The van der Waals surface area contributed by atoms with E-state index in [4.69, 9.17) is 23.2 Å². The second-order valence-electron chi connectivity index (χ2n) is 4.48. The van der Waals surface area contributed by atoms with Crippen LogP contribution in [0.1, 0.15) is 10.5 Å². The molecule has 8 heteroatoms. The van der Waals surface area contributed by atoms with Crippen molar-refractivity contribution in [1.29, 1.82) is 0 Å². The summed E-state index contributed by atoms with van der Waals surface area (Å²) in [6.07, 6.45) is 1.12. The number of amides is 1. The van der Waals surface area contributed by atoms with Crippen LogP contribution < -0.4 is 5.32 Å². The predicted molar refractivity (Wildman–Crippen MR) is 82.9 cm³/mol. The molecule has 0 saturated carbocycles. The summed E-state index contributed by atoms with van der Waals surface area (Å²) in [6, 6.07) is 7.34. The van der Waals surface area contributed by atoms with Crippen molar-refractivity contribution in [3.05, 3.63) is 46.2 Å². The molecule has 2 aromatic rings. The van der Waals surface area contributed by atoms with Crippen molar-refractivity contribution in [3.63, 3.8) is 0 Å². The molecule has 1 amide bonds. The molecular weight excluding hydrogens is 335 g/mol. The van der Waals surface area contributed by atoms with Gasteiger partial charge in [0.25, 0.3) is 5.91 Å². The molecule has 2 rings (SSSR count). The quantitative estimate of drug-likeness (QED) is 0.928. The highest BCUT2D eigenvalue weighted by atomic mass is 35.5. The molecule has 1 heterocycles. The number of nitrogens with zero attached hydrogens (tertiary/aromatic N) is 1. The summed E-state index contributed by atoms with van der Waals surface area (Å²) in [5.74, 6) is -0.390. The first-order chi connectivity index (χ1) is 9.70. The number of benzene rings is 1. The lowest BCUT2D eigenvalue weighted by atomic mass is 10.3. The molecule has 0 bridgehead atoms. The van der Waals surface area contributed by atoms with Gasteiger partial charge in [0.15, 0.2) is 9.84 Å². The fraction of sp³-hybridized carbons (Fsp3) is 0.154. The van der Waals surface area contributed by atoms with Crippen LogP contribution in [0.3, 0.4) is 0 Å². The second-order valence-corrected chi connectivity index (χ2v) is 7.26. The maximum atomic E-state index is 12.1. The van der Waals surface area contributed by atoms with Crippen LogP contribution in [0.15, 0.2) is 35.2 Å². The van der Waals surface area contributed by atoms with Crippen molar-refractivity contribution in [2.24, 2.45) is 7.05 Å². The Morgan fingerprint density at radius 1 is 1.19 bits per heavy atom. The monoisotopic (exact) mass is 346 g/mol. The van der Waals surface area contributed by atoms with Gasteiger partial charge in [0.1, 0.15) is 10.8 Å². The van der Waals surface area contributed by atoms with E-state index < -0.39 is 15.7 Å². The van der Waals surface area contributed by atoms with Crippen LogP contribution in [0.2, 0.25) is 10.2 Å². The van der Waals surface area contributed by atoms with Gasteiger partial charge in [-0.15, -0.1) is 0 Å². The van der Waals surface area contributed by atoms with Crippen LogP contribution in [0, 0.1) is 0 Å². The first-order valence-electron chi connectivity index (χ1n) is 5.82. The van der Waals surface area contributed by atoms with E-state index in [0.29, 0.717) is 11.4 Å². The topological polar surface area (TPSA) is 68.2 Å². The van der Waals surface area contributed by atoms with Crippen molar-refractivity contribution < 1.29 is 13.2 Å². The molecule has 0 aliphatic carbocycles. The minimum atomic E-state index is -3.26. The molecule has 21 heavy (non-hydrogen) atoms. The number of hydrogen-bond donors (Lipinski definition) is 1. The van der Waals surface area contributed by atoms with E-state index in [2.05, 4.69) is 5.32 Å². The summed E-state index contributed by atoms with van der Waals surface area (Å²) in [7, 11) is -1.64. The summed E-state index contributed by atoms with van der Waals surface area (Å²) >= 11 is 11.8. The van der Waals surface area contributed by atoms with E-state index in [9.17, 15) is 13.2 Å². The van der Waals surface area contributed by atoms with E-state index in [1.54, 1.807) is 7.05 Å². The lowest BCUT2D eigenvalue weighted by Gasteiger charge is -2.07. The molecule has 0 aliphatic rings. The summed E-state index contributed by atoms with van der Waals surface area (Å²) in [5.41, 5.74) is 0.776. The van der Waals surface area contributed by atoms with Gasteiger partial charge in [-0.3, -0.25) is 4.79 Å². The zero-order valence-electron chi connectivity index (χ0n) is 11.2. The molecule has 0 atom stereocenters. The minimum Gasteiger partial charge on any atom is -0.329 e. The highest BCUT2D eigenvalue weighted by Crippen LogP contribution is 2.25. The second kappa shape index (κ2) is 5.71. The summed E-state index contributed by atoms with van der Waals surface area (Å²) in [4.78, 5) is 12.3. The number of sulfone groups is 1. The van der Waals surface area contributed by atoms with Crippen LogP contribution in [-0.4, -0.2) is 25.1 Å². The molecule has 0 unspecified atom stereocenters. The fourth-order valence-electron chi connectivity index (χ4n) is 1.74. The van der Waals surface area contributed by atoms with Crippen molar-refractivity contribution >= 4 is 44.6 Å². The first-order valence-corrected chi connectivity index (χ1v) is 8.47. The lowest BCUT2D eigenvalue weighted by Crippen LogP contribution is -2.15. The summed E-state index contributed by atoms with van der Waals surface area (Å²) < 4.78 is 24.2. The minimum absolute atomic E-state index is 0.186. The number of hydrogen-bond acceptors (Lipinski definition) is 3. The highest BCUT2D eigenvalue weighted by molar-refractivity contribution is 7.90. The zero-order chi connectivity index (χ0) is 15.8. The Labute approximate surface area is 132 Å². The third-order valence-corrected chi connectivity index (χ3v) is 4.86. The number of halogens is 2. The number of aromatic nitrogens is 1. The van der Waals surface area contributed by atoms with Gasteiger partial charge in [0.2, 0.25) is 0 Å². The van der Waals surface area contributed by atoms with Crippen molar-refractivity contribution in [1.82, 2.24) is 4.57 Å². The summed E-state index contributed by atoms with van der Waals surface area (Å²) in [6.45, 7) is 0. The number of rotatable bonds is 3. The van der Waals surface area contributed by atoms with Gasteiger partial charge in [-0.25, -0.2) is 8.42 Å². The number of anilines is 1. The largest absolute Gasteiger partial charge is 0.329 e. The number of nitrogens with one attached hydrogen (secondary N) is 1. The van der Waals surface area contributed by atoms with Gasteiger partial charge in [0.05, 0.1) is 9.92 Å². The Balaban J connectivity index is 2.22. The SMILES string of the molecule is Cn1c(C(=O)Nc2ccc(S(C)(=O)=O)cc2)cc(Cl)c1Cl. The van der Waals surface area contributed by atoms with Crippen molar-refractivity contribution in [2.75, 3.05) is 11.6 Å². The average molecular weight is 347 g/mol. The molecule has 1 N–H and O–H groups in total. The highest BCUT2D eigenvalue weighted by Gasteiger charge is 2.16. The molecular formula is C13H12Cl2N2O3S. The lowest BCUT2D eigenvalue weighted by molar-refractivity contribution is 0.101. The fourth-order valence-corrected chi connectivity index (χ4v) is 2.75. The molecule has 112 valence electrons. The van der Waals surface area contributed by atoms with Crippen LogP contribution in [-0.2, 0) is 16.9 Å². The zero-order valence-corrected chi connectivity index (χ0v) is 13.6. The molecule has 1 aromatic heterocycles. The molecule has 0 saturated heterocycles. The Morgan fingerprint density at radius 3 is 2.19 bits per heavy atom. The van der Waals surface area contributed by atoms with Crippen LogP contribution in [0.25, 0.3) is 0 Å². The van der Waals surface area contributed by atoms with E-state index in [0.717, 1.165) is 6.26 Å². The summed E-state index contributed by atoms with van der Waals surface area (Å²) in [5, 5.41) is 3.21. The van der Waals surface area contributed by atoms with E-state index in [1.165, 1.54) is 34.9 Å². The Hall–Kier alpha value is -1.50. The first kappa shape index (κ1) is 15.9. The average Bonchev–Trinajstić information content (AvgIpc) is 2.66. The smallest absolute Gasteiger partial charge is 0.272 e. The van der Waals surface area contributed by atoms with Gasteiger partial charge in [-0.1, -0.05) is 23.2 Å². The molecule has 0 aliphatic heterocycles. The maximum absolute atomic E-state index is 12.1. The molecule has 0 spiro atoms. The third-order valence-electron chi connectivity index (χ3n) is 2.89. The molecule has 0 radical (unpaired) electrons. The van der Waals surface area contributed by atoms with Crippen LogP contribution in [0.5, 0.6) is 0 Å². The predicted octanol–water partition coefficient (Wildman–Crippen LogP) is 2.99. The van der Waals surface area contributed by atoms with Gasteiger partial charge in [-0.05, 0) is 30.3 Å². The van der Waals surface area contributed by atoms with E-state index in [-0.39, 0.29) is 15.1 Å². The van der Waals surface area contributed by atoms with E-state index in [1.807, 2.05) is 0 Å². The van der Waals surface area contributed by atoms with Gasteiger partial charge in [0, 0.05) is 19.0 Å². The molecule has 0 fully saturated rings. The standard InChI is InChI=1S/C13H12Cl2N2O3S/c1-17-11(7-10(14)12(17)15)13(18)16-8-3-5-9(6-4-8)21(2,19)20/h3-7H,1-2H3,(H,16,18). The maximum Gasteiger partial charge on any atom is 0.272 e. The third kappa shape index (κ3) is 3.40. The van der Waals surface area contributed by atoms with Crippen LogP contribution in [0.4, 0.5) is 5.69 Å². The van der Waals surface area contributed by atoms with Crippen molar-refractivity contribution in [3.8, 4) is 0 Å². The van der Waals surface area contributed by atoms with Crippen molar-refractivity contribution in [2.45, 2.75) is 4.90 Å². The molecule has 5 nitrogen and oxygen atoms in total. The molecule has 1 aromatic carbocycles. The Kier molecular flexibility index (Phi) is 4.32. The number of carbonyl (C=O) groups is 1. The van der Waals surface area contributed by atoms with Gasteiger partial charge >= 0.3 is 0 Å². The van der Waals surface area contributed by atoms with Crippen LogP contribution >= 0.6 is 23.2 Å².